The Balaban J connectivity index is 2.04. The van der Waals surface area contributed by atoms with Gasteiger partial charge in [-0.3, -0.25) is 0 Å². The predicted octanol–water partition coefficient (Wildman–Crippen LogP) is 4.29. The van der Waals surface area contributed by atoms with Crippen molar-refractivity contribution < 1.29 is 4.52 Å². The third-order valence-electron chi connectivity index (χ3n) is 2.74. The molecular weight excluding hydrogens is 297 g/mol. The number of hydrogen-bond acceptors (Lipinski definition) is 4. The molecule has 0 radical (unpaired) electrons. The minimum Gasteiger partial charge on any atom is -0.398 e. The maximum atomic E-state index is 5.95. The van der Waals surface area contributed by atoms with E-state index in [4.69, 9.17) is 33.5 Å². The van der Waals surface area contributed by atoms with Crippen molar-refractivity contribution in [3.8, 4) is 22.8 Å². The zero-order chi connectivity index (χ0) is 14.1. The number of nitrogens with two attached hydrogens (primary N) is 1. The molecular formula is C14H9Cl2N3O. The first-order chi connectivity index (χ1) is 9.63. The first kappa shape index (κ1) is 13.0. The van der Waals surface area contributed by atoms with Crippen LogP contribution in [-0.2, 0) is 0 Å². The highest BCUT2D eigenvalue weighted by Gasteiger charge is 2.13. The maximum absolute atomic E-state index is 5.95. The Hall–Kier alpha value is -2.04. The molecule has 0 spiro atoms. The second kappa shape index (κ2) is 5.15. The lowest BCUT2D eigenvalue weighted by molar-refractivity contribution is 0.432. The molecule has 0 aliphatic carbocycles. The van der Waals surface area contributed by atoms with E-state index in [1.807, 2.05) is 18.2 Å². The molecule has 0 saturated carbocycles. The number of aromatic nitrogens is 2. The van der Waals surface area contributed by atoms with Gasteiger partial charge in [0.05, 0.1) is 0 Å². The average molecular weight is 306 g/mol. The van der Waals surface area contributed by atoms with E-state index in [1.54, 1.807) is 24.3 Å². The lowest BCUT2D eigenvalue weighted by Crippen LogP contribution is -1.90. The number of benzene rings is 2. The monoisotopic (exact) mass is 305 g/mol. The quantitative estimate of drug-likeness (QED) is 0.717. The third kappa shape index (κ3) is 2.48. The van der Waals surface area contributed by atoms with Crippen LogP contribution < -0.4 is 5.73 Å². The lowest BCUT2D eigenvalue weighted by Gasteiger charge is -1.98. The molecule has 0 bridgehead atoms. The molecule has 100 valence electrons. The summed E-state index contributed by atoms with van der Waals surface area (Å²) in [6.07, 6.45) is 0. The molecule has 2 N–H and O–H groups in total. The molecule has 4 nitrogen and oxygen atoms in total. The van der Waals surface area contributed by atoms with E-state index in [2.05, 4.69) is 10.1 Å². The molecule has 0 fully saturated rings. The van der Waals surface area contributed by atoms with Gasteiger partial charge in [0.2, 0.25) is 5.82 Å². The maximum Gasteiger partial charge on any atom is 0.258 e. The summed E-state index contributed by atoms with van der Waals surface area (Å²) >= 11 is 11.9. The summed E-state index contributed by atoms with van der Waals surface area (Å²) in [5.74, 6) is 0.766. The van der Waals surface area contributed by atoms with E-state index >= 15 is 0 Å². The number of para-hydroxylation sites is 1. The van der Waals surface area contributed by atoms with Crippen molar-refractivity contribution in [2.45, 2.75) is 0 Å². The van der Waals surface area contributed by atoms with Crippen LogP contribution in [0.4, 0.5) is 5.69 Å². The second-order valence-corrected chi connectivity index (χ2v) is 5.04. The number of anilines is 1. The molecule has 0 aliphatic rings. The van der Waals surface area contributed by atoms with E-state index in [0.717, 1.165) is 5.56 Å². The topological polar surface area (TPSA) is 64.9 Å². The number of hydrogen-bond donors (Lipinski definition) is 1. The van der Waals surface area contributed by atoms with E-state index in [1.165, 1.54) is 0 Å². The van der Waals surface area contributed by atoms with Gasteiger partial charge < -0.3 is 10.3 Å². The van der Waals surface area contributed by atoms with Gasteiger partial charge >= 0.3 is 0 Å². The van der Waals surface area contributed by atoms with Crippen LogP contribution in [0, 0.1) is 0 Å². The van der Waals surface area contributed by atoms with Gasteiger partial charge in [-0.05, 0) is 30.3 Å². The number of nitrogens with zero attached hydrogens (tertiary/aromatic N) is 2. The fraction of sp³-hybridized carbons (Fsp3) is 0. The van der Waals surface area contributed by atoms with Crippen LogP contribution in [0.1, 0.15) is 0 Å². The minimum atomic E-state index is 0.340. The van der Waals surface area contributed by atoms with E-state index < -0.39 is 0 Å². The van der Waals surface area contributed by atoms with Gasteiger partial charge in [0, 0.05) is 26.9 Å². The van der Waals surface area contributed by atoms with Crippen LogP contribution >= 0.6 is 23.2 Å². The summed E-state index contributed by atoms with van der Waals surface area (Å²) in [5, 5.41) is 4.94. The highest BCUT2D eigenvalue weighted by atomic mass is 35.5. The van der Waals surface area contributed by atoms with Crippen molar-refractivity contribution in [2.24, 2.45) is 0 Å². The molecule has 0 amide bonds. The van der Waals surface area contributed by atoms with Crippen molar-refractivity contribution in [3.63, 3.8) is 0 Å². The van der Waals surface area contributed by atoms with Crippen LogP contribution in [0.25, 0.3) is 22.8 Å². The van der Waals surface area contributed by atoms with E-state index in [-0.39, 0.29) is 0 Å². The van der Waals surface area contributed by atoms with Gasteiger partial charge in [0.1, 0.15) is 0 Å². The van der Waals surface area contributed by atoms with Gasteiger partial charge in [0.15, 0.2) is 0 Å². The van der Waals surface area contributed by atoms with E-state index in [0.29, 0.717) is 33.0 Å². The Kier molecular flexibility index (Phi) is 3.34. The molecule has 3 aromatic rings. The largest absolute Gasteiger partial charge is 0.398 e. The van der Waals surface area contributed by atoms with Crippen LogP contribution in [0.3, 0.4) is 0 Å². The standard InChI is InChI=1S/C14H9Cl2N3O/c15-9-5-8(6-10(16)7-9)14-18-13(19-20-14)11-3-1-2-4-12(11)17/h1-7H,17H2. The SMILES string of the molecule is Nc1ccccc1-c1noc(-c2cc(Cl)cc(Cl)c2)n1. The Morgan fingerprint density at radius 1 is 1.00 bits per heavy atom. The molecule has 0 atom stereocenters. The third-order valence-corrected chi connectivity index (χ3v) is 3.17. The Bertz CT molecular complexity index is 750. The summed E-state index contributed by atoms with van der Waals surface area (Å²) in [5.41, 5.74) is 7.85. The number of rotatable bonds is 2. The van der Waals surface area contributed by atoms with E-state index in [9.17, 15) is 0 Å². The normalized spacial score (nSPS) is 10.7. The summed E-state index contributed by atoms with van der Waals surface area (Å²) in [6.45, 7) is 0. The van der Waals surface area contributed by atoms with Crippen molar-refractivity contribution in [2.75, 3.05) is 5.73 Å². The van der Waals surface area contributed by atoms with Crippen LogP contribution in [-0.4, -0.2) is 10.1 Å². The number of nitrogen functional groups attached to an aromatic ring is 1. The molecule has 0 unspecified atom stereocenters. The molecule has 1 aromatic heterocycles. The summed E-state index contributed by atoms with van der Waals surface area (Å²) in [6, 6.07) is 12.4. The smallest absolute Gasteiger partial charge is 0.258 e. The van der Waals surface area contributed by atoms with Gasteiger partial charge in [-0.15, -0.1) is 0 Å². The molecule has 2 aromatic carbocycles. The van der Waals surface area contributed by atoms with Crippen LogP contribution in [0.5, 0.6) is 0 Å². The lowest BCUT2D eigenvalue weighted by atomic mass is 10.1. The molecule has 20 heavy (non-hydrogen) atoms. The average Bonchev–Trinajstić information content (AvgIpc) is 2.87. The Morgan fingerprint density at radius 2 is 1.70 bits per heavy atom. The first-order valence-corrected chi connectivity index (χ1v) is 6.54. The van der Waals surface area contributed by atoms with Crippen molar-refractivity contribution >= 4 is 28.9 Å². The fourth-order valence-electron chi connectivity index (χ4n) is 1.83. The van der Waals surface area contributed by atoms with Crippen molar-refractivity contribution in [3.05, 3.63) is 52.5 Å². The zero-order valence-corrected chi connectivity index (χ0v) is 11.7. The van der Waals surface area contributed by atoms with Crippen molar-refractivity contribution in [1.82, 2.24) is 10.1 Å². The first-order valence-electron chi connectivity index (χ1n) is 5.78. The predicted molar refractivity (Wildman–Crippen MR) is 79.6 cm³/mol. The molecule has 3 rings (SSSR count). The molecule has 6 heteroatoms. The van der Waals surface area contributed by atoms with Gasteiger partial charge in [-0.2, -0.15) is 4.98 Å². The molecule has 1 heterocycles. The second-order valence-electron chi connectivity index (χ2n) is 4.17. The minimum absolute atomic E-state index is 0.340. The summed E-state index contributed by atoms with van der Waals surface area (Å²) in [7, 11) is 0. The van der Waals surface area contributed by atoms with Crippen LogP contribution in [0.15, 0.2) is 47.0 Å². The summed E-state index contributed by atoms with van der Waals surface area (Å²) in [4.78, 5) is 4.32. The van der Waals surface area contributed by atoms with Gasteiger partial charge in [-0.1, -0.05) is 40.5 Å². The Labute approximate surface area is 125 Å². The van der Waals surface area contributed by atoms with Gasteiger partial charge in [-0.25, -0.2) is 0 Å². The molecule has 0 saturated heterocycles. The highest BCUT2D eigenvalue weighted by molar-refractivity contribution is 6.35. The summed E-state index contributed by atoms with van der Waals surface area (Å²) < 4.78 is 5.24. The number of halogens is 2. The van der Waals surface area contributed by atoms with Gasteiger partial charge in [0.25, 0.3) is 5.89 Å². The molecule has 0 aliphatic heterocycles. The fourth-order valence-corrected chi connectivity index (χ4v) is 2.35. The Morgan fingerprint density at radius 3 is 2.40 bits per heavy atom. The zero-order valence-electron chi connectivity index (χ0n) is 10.2. The van der Waals surface area contributed by atoms with Crippen molar-refractivity contribution in [1.29, 1.82) is 0 Å². The van der Waals surface area contributed by atoms with Crippen LogP contribution in [0.2, 0.25) is 10.0 Å². The highest BCUT2D eigenvalue weighted by Crippen LogP contribution is 2.29.